The van der Waals surface area contributed by atoms with Gasteiger partial charge < -0.3 is 10.8 Å². The predicted octanol–water partition coefficient (Wildman–Crippen LogP) is 1.90. The number of benzene rings is 1. The zero-order chi connectivity index (χ0) is 13.1. The zero-order valence-electron chi connectivity index (χ0n) is 9.29. The summed E-state index contributed by atoms with van der Waals surface area (Å²) < 4.78 is 0. The fourth-order valence-electron chi connectivity index (χ4n) is 1.59. The monoisotopic (exact) mass is 239 g/mol. The van der Waals surface area contributed by atoms with Gasteiger partial charge >= 0.3 is 5.97 Å². The molecule has 0 spiro atoms. The van der Waals surface area contributed by atoms with E-state index in [4.69, 9.17) is 16.1 Å². The Labute approximate surface area is 103 Å². The van der Waals surface area contributed by atoms with Crippen molar-refractivity contribution in [2.45, 2.75) is 0 Å². The SMILES string of the molecule is N#Cc1cccc(-c2ccc(C(=O)O)nc2N)c1. The molecule has 0 amide bonds. The molecule has 1 heterocycles. The molecule has 1 aromatic carbocycles. The molecule has 0 fully saturated rings. The van der Waals surface area contributed by atoms with E-state index in [2.05, 4.69) is 4.98 Å². The Morgan fingerprint density at radius 2 is 2.11 bits per heavy atom. The van der Waals surface area contributed by atoms with Gasteiger partial charge in [0.05, 0.1) is 11.6 Å². The van der Waals surface area contributed by atoms with Crippen LogP contribution in [0.15, 0.2) is 36.4 Å². The molecule has 3 N–H and O–H groups in total. The highest BCUT2D eigenvalue weighted by molar-refractivity contribution is 5.87. The van der Waals surface area contributed by atoms with E-state index in [1.807, 2.05) is 6.07 Å². The summed E-state index contributed by atoms with van der Waals surface area (Å²) in [5.74, 6) is -0.996. The summed E-state index contributed by atoms with van der Waals surface area (Å²) in [4.78, 5) is 14.5. The quantitative estimate of drug-likeness (QED) is 0.833. The molecule has 0 aliphatic carbocycles. The molecule has 0 atom stereocenters. The van der Waals surface area contributed by atoms with E-state index in [0.717, 1.165) is 5.56 Å². The van der Waals surface area contributed by atoms with E-state index in [1.54, 1.807) is 30.3 Å². The Bertz CT molecular complexity index is 660. The minimum absolute atomic E-state index is 0.104. The molecule has 0 saturated heterocycles. The third-order valence-corrected chi connectivity index (χ3v) is 2.45. The smallest absolute Gasteiger partial charge is 0.354 e. The van der Waals surface area contributed by atoms with Crippen LogP contribution in [0, 0.1) is 11.3 Å². The number of nitriles is 1. The first kappa shape index (κ1) is 11.6. The number of hydrogen-bond donors (Lipinski definition) is 2. The van der Waals surface area contributed by atoms with Crippen LogP contribution in [0.25, 0.3) is 11.1 Å². The van der Waals surface area contributed by atoms with E-state index >= 15 is 0 Å². The van der Waals surface area contributed by atoms with E-state index in [-0.39, 0.29) is 11.5 Å². The molecular formula is C13H9N3O2. The van der Waals surface area contributed by atoms with Gasteiger partial charge in [0.2, 0.25) is 0 Å². The number of aromatic carboxylic acids is 1. The van der Waals surface area contributed by atoms with Crippen LogP contribution in [0.2, 0.25) is 0 Å². The molecule has 0 bridgehead atoms. The number of nitrogens with two attached hydrogens (primary N) is 1. The Balaban J connectivity index is 2.51. The first-order chi connectivity index (χ1) is 8.61. The van der Waals surface area contributed by atoms with Gasteiger partial charge in [-0.25, -0.2) is 9.78 Å². The summed E-state index contributed by atoms with van der Waals surface area (Å²) in [6, 6.07) is 11.9. The third-order valence-electron chi connectivity index (χ3n) is 2.45. The van der Waals surface area contributed by atoms with Crippen LogP contribution in [0.4, 0.5) is 5.82 Å². The second kappa shape index (κ2) is 4.55. The molecule has 18 heavy (non-hydrogen) atoms. The van der Waals surface area contributed by atoms with Gasteiger partial charge in [-0.15, -0.1) is 0 Å². The molecule has 5 nitrogen and oxygen atoms in total. The molecule has 1 aromatic heterocycles. The van der Waals surface area contributed by atoms with Crippen LogP contribution in [-0.4, -0.2) is 16.1 Å². The third kappa shape index (κ3) is 2.13. The van der Waals surface area contributed by atoms with Crippen molar-refractivity contribution in [1.29, 1.82) is 5.26 Å². The van der Waals surface area contributed by atoms with Crippen molar-refractivity contribution in [2.75, 3.05) is 5.73 Å². The summed E-state index contributed by atoms with van der Waals surface area (Å²) in [6.07, 6.45) is 0. The predicted molar refractivity (Wildman–Crippen MR) is 65.8 cm³/mol. The van der Waals surface area contributed by atoms with E-state index < -0.39 is 5.97 Å². The highest BCUT2D eigenvalue weighted by atomic mass is 16.4. The molecular weight excluding hydrogens is 230 g/mol. The summed E-state index contributed by atoms with van der Waals surface area (Å²) in [5.41, 5.74) is 7.47. The van der Waals surface area contributed by atoms with Crippen molar-refractivity contribution in [2.24, 2.45) is 0 Å². The summed E-state index contributed by atoms with van der Waals surface area (Å²) in [7, 11) is 0. The number of carboxylic acid groups (broad SMARTS) is 1. The fourth-order valence-corrected chi connectivity index (χ4v) is 1.59. The number of nitrogens with zero attached hydrogens (tertiary/aromatic N) is 2. The Hall–Kier alpha value is -2.87. The van der Waals surface area contributed by atoms with Gasteiger partial charge in [-0.1, -0.05) is 12.1 Å². The average molecular weight is 239 g/mol. The van der Waals surface area contributed by atoms with Gasteiger partial charge in [-0.2, -0.15) is 5.26 Å². The minimum Gasteiger partial charge on any atom is -0.477 e. The maximum absolute atomic E-state index is 10.7. The van der Waals surface area contributed by atoms with Crippen molar-refractivity contribution >= 4 is 11.8 Å². The number of carbonyl (C=O) groups is 1. The van der Waals surface area contributed by atoms with Crippen LogP contribution in [0.3, 0.4) is 0 Å². The fraction of sp³-hybridized carbons (Fsp3) is 0. The van der Waals surface area contributed by atoms with Crippen molar-refractivity contribution in [3.8, 4) is 17.2 Å². The summed E-state index contributed by atoms with van der Waals surface area (Å²) in [5, 5.41) is 17.6. The topological polar surface area (TPSA) is 100 Å². The standard InChI is InChI=1S/C13H9N3O2/c14-7-8-2-1-3-9(6-8)10-4-5-11(13(17)18)16-12(10)15/h1-6H,(H2,15,16)(H,17,18). The molecule has 5 heteroatoms. The van der Waals surface area contributed by atoms with Gasteiger partial charge in [0.15, 0.2) is 5.69 Å². The first-order valence-corrected chi connectivity index (χ1v) is 5.12. The van der Waals surface area contributed by atoms with Gasteiger partial charge in [0.1, 0.15) is 5.82 Å². The Kier molecular flexibility index (Phi) is 2.94. The lowest BCUT2D eigenvalue weighted by Gasteiger charge is -2.06. The minimum atomic E-state index is -1.13. The molecule has 0 aliphatic rings. The lowest BCUT2D eigenvalue weighted by Crippen LogP contribution is -2.04. The van der Waals surface area contributed by atoms with Crippen molar-refractivity contribution in [3.63, 3.8) is 0 Å². The van der Waals surface area contributed by atoms with Crippen molar-refractivity contribution in [3.05, 3.63) is 47.7 Å². The molecule has 2 aromatic rings. The Morgan fingerprint density at radius 3 is 2.72 bits per heavy atom. The molecule has 0 saturated carbocycles. The lowest BCUT2D eigenvalue weighted by atomic mass is 10.0. The van der Waals surface area contributed by atoms with E-state index in [1.165, 1.54) is 6.07 Å². The normalized spacial score (nSPS) is 9.72. The van der Waals surface area contributed by atoms with E-state index in [0.29, 0.717) is 11.1 Å². The number of rotatable bonds is 2. The number of anilines is 1. The highest BCUT2D eigenvalue weighted by Gasteiger charge is 2.09. The van der Waals surface area contributed by atoms with Crippen LogP contribution in [0.1, 0.15) is 16.1 Å². The van der Waals surface area contributed by atoms with Gasteiger partial charge in [-0.3, -0.25) is 0 Å². The largest absolute Gasteiger partial charge is 0.477 e. The second-order valence-electron chi connectivity index (χ2n) is 3.63. The molecule has 2 rings (SSSR count). The second-order valence-corrected chi connectivity index (χ2v) is 3.63. The van der Waals surface area contributed by atoms with Gasteiger partial charge in [0.25, 0.3) is 0 Å². The van der Waals surface area contributed by atoms with Crippen LogP contribution in [-0.2, 0) is 0 Å². The number of carboxylic acids is 1. The van der Waals surface area contributed by atoms with E-state index in [9.17, 15) is 4.79 Å². The molecule has 0 unspecified atom stereocenters. The van der Waals surface area contributed by atoms with Crippen molar-refractivity contribution < 1.29 is 9.90 Å². The Morgan fingerprint density at radius 1 is 1.33 bits per heavy atom. The van der Waals surface area contributed by atoms with Crippen LogP contribution < -0.4 is 5.73 Å². The van der Waals surface area contributed by atoms with Crippen LogP contribution in [0.5, 0.6) is 0 Å². The summed E-state index contributed by atoms with van der Waals surface area (Å²) >= 11 is 0. The molecule has 88 valence electrons. The highest BCUT2D eigenvalue weighted by Crippen LogP contribution is 2.25. The van der Waals surface area contributed by atoms with Gasteiger partial charge in [0, 0.05) is 5.56 Å². The average Bonchev–Trinajstić information content (AvgIpc) is 2.38. The van der Waals surface area contributed by atoms with Crippen molar-refractivity contribution in [1.82, 2.24) is 4.98 Å². The number of hydrogen-bond acceptors (Lipinski definition) is 4. The number of nitrogen functional groups attached to an aromatic ring is 1. The maximum Gasteiger partial charge on any atom is 0.354 e. The first-order valence-electron chi connectivity index (χ1n) is 5.12. The molecule has 0 radical (unpaired) electrons. The number of pyridine rings is 1. The summed E-state index contributed by atoms with van der Waals surface area (Å²) in [6.45, 7) is 0. The zero-order valence-corrected chi connectivity index (χ0v) is 9.29. The van der Waals surface area contributed by atoms with Crippen LogP contribution >= 0.6 is 0 Å². The molecule has 0 aliphatic heterocycles. The number of aromatic nitrogens is 1. The lowest BCUT2D eigenvalue weighted by molar-refractivity contribution is 0.0690. The van der Waals surface area contributed by atoms with Gasteiger partial charge in [-0.05, 0) is 29.8 Å². The maximum atomic E-state index is 10.7.